The van der Waals surface area contributed by atoms with Gasteiger partial charge in [-0.1, -0.05) is 35.9 Å². The second-order valence-corrected chi connectivity index (χ2v) is 6.75. The first-order chi connectivity index (χ1) is 15.4. The van der Waals surface area contributed by atoms with Crippen LogP contribution >= 0.6 is 11.6 Å². The van der Waals surface area contributed by atoms with Gasteiger partial charge in [0.15, 0.2) is 11.5 Å². The molecule has 1 N–H and O–H groups in total. The van der Waals surface area contributed by atoms with Gasteiger partial charge in [-0.15, -0.1) is 0 Å². The Balaban J connectivity index is 1.84. The summed E-state index contributed by atoms with van der Waals surface area (Å²) >= 11 is 6.18. The van der Waals surface area contributed by atoms with Crippen LogP contribution in [0.25, 0.3) is 0 Å². The first-order valence-electron chi connectivity index (χ1n) is 9.16. The topological polar surface area (TPSA) is 129 Å². The summed E-state index contributed by atoms with van der Waals surface area (Å²) in [6.45, 7) is 0.183. The molecule has 32 heavy (non-hydrogen) atoms. The fourth-order valence-electron chi connectivity index (χ4n) is 2.77. The molecule has 0 saturated carbocycles. The number of rotatable bonds is 9. The van der Waals surface area contributed by atoms with Gasteiger partial charge in [0.05, 0.1) is 29.2 Å². The van der Waals surface area contributed by atoms with E-state index in [1.165, 1.54) is 19.4 Å². The van der Waals surface area contributed by atoms with Gasteiger partial charge in [0.1, 0.15) is 12.3 Å². The Morgan fingerprint density at radius 3 is 2.53 bits per heavy atom. The molecule has 164 valence electrons. The van der Waals surface area contributed by atoms with E-state index in [2.05, 4.69) is 10.5 Å². The fourth-order valence-corrected chi connectivity index (χ4v) is 2.96. The fraction of sp³-hybridized carbons (Fsp3) is 0.0952. The third kappa shape index (κ3) is 5.29. The maximum absolute atomic E-state index is 11.3. The minimum absolute atomic E-state index is 0.00159. The quantitative estimate of drug-likeness (QED) is 0.266. The van der Waals surface area contributed by atoms with Crippen LogP contribution in [-0.4, -0.2) is 23.2 Å². The van der Waals surface area contributed by atoms with Crippen LogP contribution in [0.15, 0.2) is 65.8 Å². The van der Waals surface area contributed by atoms with Crippen LogP contribution in [0.5, 0.6) is 11.5 Å². The maximum Gasteiger partial charge on any atom is 0.301 e. The van der Waals surface area contributed by atoms with Crippen LogP contribution in [-0.2, 0) is 6.61 Å². The van der Waals surface area contributed by atoms with Crippen molar-refractivity contribution < 1.29 is 19.3 Å². The maximum atomic E-state index is 11.3. The molecule has 0 saturated heterocycles. The molecule has 0 radical (unpaired) electrons. The molecule has 3 aromatic rings. The Morgan fingerprint density at radius 2 is 1.84 bits per heavy atom. The van der Waals surface area contributed by atoms with E-state index in [4.69, 9.17) is 21.1 Å². The van der Waals surface area contributed by atoms with Gasteiger partial charge in [-0.2, -0.15) is 5.10 Å². The zero-order valence-corrected chi connectivity index (χ0v) is 17.5. The molecular weight excluding hydrogens is 440 g/mol. The lowest BCUT2D eigenvalue weighted by Gasteiger charge is -2.14. The molecular formula is C21H17ClN4O6. The average Bonchev–Trinajstić information content (AvgIpc) is 2.78. The number of nitro benzene ring substituents is 2. The van der Waals surface area contributed by atoms with Crippen molar-refractivity contribution in [1.29, 1.82) is 0 Å². The zero-order valence-electron chi connectivity index (χ0n) is 16.7. The predicted octanol–water partition coefficient (Wildman–Crippen LogP) is 5.19. The molecule has 0 aliphatic heterocycles. The summed E-state index contributed by atoms with van der Waals surface area (Å²) in [6.07, 6.45) is 1.40. The van der Waals surface area contributed by atoms with E-state index in [-0.39, 0.29) is 12.3 Å². The van der Waals surface area contributed by atoms with E-state index in [9.17, 15) is 20.2 Å². The second kappa shape index (κ2) is 10.2. The van der Waals surface area contributed by atoms with Crippen LogP contribution in [0.1, 0.15) is 11.1 Å². The van der Waals surface area contributed by atoms with E-state index in [1.54, 1.807) is 24.3 Å². The van der Waals surface area contributed by atoms with E-state index in [0.717, 1.165) is 17.7 Å². The van der Waals surface area contributed by atoms with Gasteiger partial charge in [0, 0.05) is 22.2 Å². The monoisotopic (exact) mass is 456 g/mol. The highest BCUT2D eigenvalue weighted by atomic mass is 35.5. The summed E-state index contributed by atoms with van der Waals surface area (Å²) in [5, 5.41) is 26.7. The van der Waals surface area contributed by atoms with Crippen molar-refractivity contribution >= 4 is 34.9 Å². The van der Waals surface area contributed by atoms with Gasteiger partial charge in [-0.05, 0) is 24.3 Å². The third-order valence-electron chi connectivity index (χ3n) is 4.34. The molecule has 0 bridgehead atoms. The number of nitro groups is 2. The summed E-state index contributed by atoms with van der Waals surface area (Å²) in [5.41, 5.74) is 2.99. The lowest BCUT2D eigenvalue weighted by atomic mass is 10.2. The van der Waals surface area contributed by atoms with Crippen molar-refractivity contribution in [1.82, 2.24) is 0 Å². The number of halogens is 1. The minimum atomic E-state index is -0.728. The standard InChI is InChI=1S/C21H17ClN4O6/c1-31-20-8-4-6-14(21(20)32-13-15-5-2-3-7-17(15)22)12-23-24-18-10-9-16(25(27)28)11-19(18)26(29)30/h2-12,24H,13H2,1H3/b23-12-. The Hall–Kier alpha value is -4.18. The number of para-hydroxylation sites is 1. The molecule has 0 spiro atoms. The van der Waals surface area contributed by atoms with Gasteiger partial charge in [-0.3, -0.25) is 25.7 Å². The first kappa shape index (κ1) is 22.5. The van der Waals surface area contributed by atoms with Gasteiger partial charge >= 0.3 is 5.69 Å². The van der Waals surface area contributed by atoms with Gasteiger partial charge in [0.2, 0.25) is 0 Å². The summed E-state index contributed by atoms with van der Waals surface area (Å²) in [7, 11) is 1.50. The zero-order chi connectivity index (χ0) is 23.1. The minimum Gasteiger partial charge on any atom is -0.493 e. The molecule has 3 aromatic carbocycles. The number of anilines is 1. The van der Waals surface area contributed by atoms with Crippen LogP contribution in [0.4, 0.5) is 17.1 Å². The number of non-ortho nitro benzene ring substituents is 1. The molecule has 0 aromatic heterocycles. The van der Waals surface area contributed by atoms with Crippen molar-refractivity contribution in [3.8, 4) is 11.5 Å². The highest BCUT2D eigenvalue weighted by Crippen LogP contribution is 2.32. The Morgan fingerprint density at radius 1 is 1.06 bits per heavy atom. The molecule has 11 heteroatoms. The van der Waals surface area contributed by atoms with Gasteiger partial charge in [-0.25, -0.2) is 0 Å². The van der Waals surface area contributed by atoms with Gasteiger partial charge < -0.3 is 9.47 Å². The number of benzene rings is 3. The van der Waals surface area contributed by atoms with Crippen molar-refractivity contribution in [2.24, 2.45) is 5.10 Å². The average molecular weight is 457 g/mol. The number of hydrogen-bond donors (Lipinski definition) is 1. The van der Waals surface area contributed by atoms with Crippen LogP contribution in [0.3, 0.4) is 0 Å². The first-order valence-corrected chi connectivity index (χ1v) is 9.53. The summed E-state index contributed by atoms with van der Waals surface area (Å²) in [5.74, 6) is 0.862. The molecule has 10 nitrogen and oxygen atoms in total. The highest BCUT2D eigenvalue weighted by Gasteiger charge is 2.19. The van der Waals surface area contributed by atoms with E-state index in [1.807, 2.05) is 18.2 Å². The smallest absolute Gasteiger partial charge is 0.301 e. The van der Waals surface area contributed by atoms with Crippen LogP contribution < -0.4 is 14.9 Å². The molecule has 0 amide bonds. The molecule has 0 atom stereocenters. The van der Waals surface area contributed by atoms with Crippen LogP contribution in [0.2, 0.25) is 5.02 Å². The van der Waals surface area contributed by atoms with Gasteiger partial charge in [0.25, 0.3) is 5.69 Å². The molecule has 0 fully saturated rings. The van der Waals surface area contributed by atoms with Crippen molar-refractivity contribution in [2.45, 2.75) is 6.61 Å². The number of methoxy groups -OCH3 is 1. The van der Waals surface area contributed by atoms with Crippen LogP contribution in [0, 0.1) is 20.2 Å². The number of hydrogen-bond acceptors (Lipinski definition) is 8. The summed E-state index contributed by atoms with van der Waals surface area (Å²) in [6, 6.07) is 15.6. The van der Waals surface area contributed by atoms with Crippen molar-refractivity contribution in [2.75, 3.05) is 12.5 Å². The number of hydrazone groups is 1. The number of nitrogens with zero attached hydrogens (tertiary/aromatic N) is 3. The van der Waals surface area contributed by atoms with E-state index in [0.29, 0.717) is 22.1 Å². The Bertz CT molecular complexity index is 1180. The Labute approximate surface area is 187 Å². The van der Waals surface area contributed by atoms with Crippen molar-refractivity contribution in [3.63, 3.8) is 0 Å². The lowest BCUT2D eigenvalue weighted by molar-refractivity contribution is -0.393. The normalized spacial score (nSPS) is 10.7. The van der Waals surface area contributed by atoms with E-state index < -0.39 is 21.2 Å². The predicted molar refractivity (Wildman–Crippen MR) is 120 cm³/mol. The second-order valence-electron chi connectivity index (χ2n) is 6.34. The molecule has 0 aliphatic carbocycles. The van der Waals surface area contributed by atoms with Crippen molar-refractivity contribution in [3.05, 3.63) is 97.0 Å². The molecule has 3 rings (SSSR count). The molecule has 0 aliphatic rings. The molecule has 0 unspecified atom stereocenters. The lowest BCUT2D eigenvalue weighted by Crippen LogP contribution is -2.02. The largest absolute Gasteiger partial charge is 0.493 e. The number of ether oxygens (including phenoxy) is 2. The summed E-state index contributed by atoms with van der Waals surface area (Å²) in [4.78, 5) is 20.7. The highest BCUT2D eigenvalue weighted by molar-refractivity contribution is 6.31. The number of nitrogens with one attached hydrogen (secondary N) is 1. The SMILES string of the molecule is COc1cccc(/C=N\Nc2ccc([N+](=O)[O-])cc2[N+](=O)[O-])c1OCc1ccccc1Cl. The summed E-state index contributed by atoms with van der Waals surface area (Å²) < 4.78 is 11.3. The molecule has 0 heterocycles. The Kier molecular flexibility index (Phi) is 7.19. The third-order valence-corrected chi connectivity index (χ3v) is 4.71. The van der Waals surface area contributed by atoms with E-state index >= 15 is 0 Å².